The Morgan fingerprint density at radius 1 is 1.15 bits per heavy atom. The van der Waals surface area contributed by atoms with Crippen LogP contribution in [0.2, 0.25) is 0 Å². The zero-order chi connectivity index (χ0) is 18.9. The van der Waals surface area contributed by atoms with Gasteiger partial charge in [-0.25, -0.2) is 13.1 Å². The third kappa shape index (κ3) is 3.48. The van der Waals surface area contributed by atoms with E-state index in [-0.39, 0.29) is 6.04 Å². The summed E-state index contributed by atoms with van der Waals surface area (Å²) in [6, 6.07) is 3.07. The summed E-state index contributed by atoms with van der Waals surface area (Å²) in [6.45, 7) is 5.80. The fourth-order valence-electron chi connectivity index (χ4n) is 3.55. The van der Waals surface area contributed by atoms with Gasteiger partial charge in [-0.15, -0.1) is 10.2 Å². The highest BCUT2D eigenvalue weighted by molar-refractivity contribution is 7.89. The molecule has 1 N–H and O–H groups in total. The molecule has 26 heavy (non-hydrogen) atoms. The third-order valence-electron chi connectivity index (χ3n) is 4.83. The lowest BCUT2D eigenvalue weighted by Crippen LogP contribution is -2.30. The molecule has 1 unspecified atom stereocenters. The van der Waals surface area contributed by atoms with Crippen molar-refractivity contribution in [3.8, 4) is 5.75 Å². The molecule has 1 aromatic carbocycles. The Balaban J connectivity index is 1.95. The number of ether oxygens (including phenoxy) is 1. The van der Waals surface area contributed by atoms with Crippen LogP contribution in [0.15, 0.2) is 23.4 Å². The molecular formula is C18H26N4O3S. The second-order valence-electron chi connectivity index (χ2n) is 6.96. The fourth-order valence-corrected chi connectivity index (χ4v) is 5.05. The molecule has 3 rings (SSSR count). The van der Waals surface area contributed by atoms with Crippen LogP contribution in [0.4, 0.5) is 0 Å². The molecule has 1 aliphatic rings. The minimum absolute atomic E-state index is 0.153. The first-order valence-electron chi connectivity index (χ1n) is 8.95. The van der Waals surface area contributed by atoms with Gasteiger partial charge in [-0.1, -0.05) is 0 Å². The van der Waals surface area contributed by atoms with E-state index in [0.717, 1.165) is 42.6 Å². The van der Waals surface area contributed by atoms with Crippen LogP contribution in [0.5, 0.6) is 5.75 Å². The molecule has 0 spiro atoms. The standard InChI is InChI=1S/C18H26N4O3S/c1-12(2)22-11-19-20-18(22)13(3)21-26(23,24)17-10-9-16(25-4)14-7-5-6-8-15(14)17/h9-13,21H,5-8H2,1-4H3. The summed E-state index contributed by atoms with van der Waals surface area (Å²) in [4.78, 5) is 0.343. The number of nitrogens with one attached hydrogen (secondary N) is 1. The second kappa shape index (κ2) is 7.36. The monoisotopic (exact) mass is 378 g/mol. The molecule has 142 valence electrons. The summed E-state index contributed by atoms with van der Waals surface area (Å²) < 4.78 is 36.2. The van der Waals surface area contributed by atoms with Crippen molar-refractivity contribution in [2.45, 2.75) is 63.4 Å². The SMILES string of the molecule is COc1ccc(S(=O)(=O)NC(C)c2nncn2C(C)C)c2c1CCCC2. The molecule has 1 heterocycles. The van der Waals surface area contributed by atoms with Crippen molar-refractivity contribution in [1.82, 2.24) is 19.5 Å². The summed E-state index contributed by atoms with van der Waals surface area (Å²) >= 11 is 0. The highest BCUT2D eigenvalue weighted by Crippen LogP contribution is 2.34. The van der Waals surface area contributed by atoms with E-state index >= 15 is 0 Å². The summed E-state index contributed by atoms with van der Waals surface area (Å²) in [7, 11) is -2.06. The Hall–Kier alpha value is -1.93. The predicted octanol–water partition coefficient (Wildman–Crippen LogP) is 2.79. The number of nitrogens with zero attached hydrogens (tertiary/aromatic N) is 3. The molecule has 0 radical (unpaired) electrons. The maximum atomic E-state index is 13.1. The third-order valence-corrected chi connectivity index (χ3v) is 6.46. The number of hydrogen-bond donors (Lipinski definition) is 1. The number of sulfonamides is 1. The lowest BCUT2D eigenvalue weighted by atomic mass is 9.91. The van der Waals surface area contributed by atoms with Gasteiger partial charge in [0.25, 0.3) is 0 Å². The number of benzene rings is 1. The highest BCUT2D eigenvalue weighted by Gasteiger charge is 2.28. The van der Waals surface area contributed by atoms with E-state index < -0.39 is 16.1 Å². The average molecular weight is 378 g/mol. The summed E-state index contributed by atoms with van der Waals surface area (Å²) in [6.07, 6.45) is 5.26. The summed E-state index contributed by atoms with van der Waals surface area (Å²) in [5.41, 5.74) is 1.89. The minimum atomic E-state index is -3.68. The van der Waals surface area contributed by atoms with E-state index in [1.165, 1.54) is 0 Å². The Labute approximate surface area is 154 Å². The van der Waals surface area contributed by atoms with Crippen molar-refractivity contribution in [3.63, 3.8) is 0 Å². The van der Waals surface area contributed by atoms with Gasteiger partial charge in [-0.2, -0.15) is 0 Å². The molecule has 1 atom stereocenters. The maximum Gasteiger partial charge on any atom is 0.241 e. The number of rotatable bonds is 6. The first-order chi connectivity index (χ1) is 12.3. The Kier molecular flexibility index (Phi) is 5.34. The number of hydrogen-bond acceptors (Lipinski definition) is 5. The van der Waals surface area contributed by atoms with E-state index in [1.807, 2.05) is 18.4 Å². The largest absolute Gasteiger partial charge is 0.496 e. The van der Waals surface area contributed by atoms with E-state index in [4.69, 9.17) is 4.74 Å². The first kappa shape index (κ1) is 18.8. The molecule has 2 aromatic rings. The molecule has 0 aliphatic heterocycles. The smallest absolute Gasteiger partial charge is 0.241 e. The first-order valence-corrected chi connectivity index (χ1v) is 10.4. The van der Waals surface area contributed by atoms with Gasteiger partial charge >= 0.3 is 0 Å². The van der Waals surface area contributed by atoms with Crippen molar-refractivity contribution in [2.24, 2.45) is 0 Å². The van der Waals surface area contributed by atoms with Gasteiger partial charge in [0.2, 0.25) is 10.0 Å². The second-order valence-corrected chi connectivity index (χ2v) is 8.65. The molecule has 1 aliphatic carbocycles. The van der Waals surface area contributed by atoms with Gasteiger partial charge < -0.3 is 9.30 Å². The average Bonchev–Trinajstić information content (AvgIpc) is 3.10. The van der Waals surface area contributed by atoms with Gasteiger partial charge in [0, 0.05) is 6.04 Å². The van der Waals surface area contributed by atoms with Crippen LogP contribution in [0.3, 0.4) is 0 Å². The molecule has 0 fully saturated rings. The molecule has 8 heteroatoms. The van der Waals surface area contributed by atoms with E-state index in [2.05, 4.69) is 14.9 Å². The van der Waals surface area contributed by atoms with Gasteiger partial charge in [0.15, 0.2) is 5.82 Å². The molecule has 0 saturated carbocycles. The van der Waals surface area contributed by atoms with Crippen LogP contribution in [-0.2, 0) is 22.9 Å². The summed E-state index contributed by atoms with van der Waals surface area (Å²) in [5, 5.41) is 8.02. The van der Waals surface area contributed by atoms with E-state index in [9.17, 15) is 8.42 Å². The van der Waals surface area contributed by atoms with Crippen LogP contribution in [-0.4, -0.2) is 30.3 Å². The number of fused-ring (bicyclic) bond motifs is 1. The van der Waals surface area contributed by atoms with Crippen molar-refractivity contribution in [3.05, 3.63) is 35.4 Å². The van der Waals surface area contributed by atoms with Crippen molar-refractivity contribution in [1.29, 1.82) is 0 Å². The quantitative estimate of drug-likeness (QED) is 0.835. The molecule has 7 nitrogen and oxygen atoms in total. The van der Waals surface area contributed by atoms with E-state index in [0.29, 0.717) is 10.7 Å². The van der Waals surface area contributed by atoms with Crippen molar-refractivity contribution in [2.75, 3.05) is 7.11 Å². The van der Waals surface area contributed by atoms with Crippen LogP contribution < -0.4 is 9.46 Å². The molecule has 1 aromatic heterocycles. The van der Waals surface area contributed by atoms with Crippen LogP contribution in [0.25, 0.3) is 0 Å². The Morgan fingerprint density at radius 2 is 1.85 bits per heavy atom. The Bertz CT molecular complexity index is 890. The number of methoxy groups -OCH3 is 1. The van der Waals surface area contributed by atoms with Crippen LogP contribution in [0.1, 0.15) is 62.6 Å². The minimum Gasteiger partial charge on any atom is -0.496 e. The molecular weight excluding hydrogens is 352 g/mol. The number of aromatic nitrogens is 3. The Morgan fingerprint density at radius 3 is 2.50 bits per heavy atom. The van der Waals surface area contributed by atoms with Gasteiger partial charge in [0.1, 0.15) is 12.1 Å². The zero-order valence-corrected chi connectivity index (χ0v) is 16.5. The maximum absolute atomic E-state index is 13.1. The predicted molar refractivity (Wildman–Crippen MR) is 98.8 cm³/mol. The van der Waals surface area contributed by atoms with E-state index in [1.54, 1.807) is 32.5 Å². The van der Waals surface area contributed by atoms with Crippen molar-refractivity contribution < 1.29 is 13.2 Å². The van der Waals surface area contributed by atoms with Crippen molar-refractivity contribution >= 4 is 10.0 Å². The molecule has 0 bridgehead atoms. The normalized spacial score (nSPS) is 15.7. The lowest BCUT2D eigenvalue weighted by molar-refractivity contribution is 0.405. The summed E-state index contributed by atoms with van der Waals surface area (Å²) in [5.74, 6) is 1.37. The van der Waals surface area contributed by atoms with Gasteiger partial charge in [0.05, 0.1) is 18.0 Å². The topological polar surface area (TPSA) is 86.1 Å². The molecule has 0 saturated heterocycles. The van der Waals surface area contributed by atoms with Gasteiger partial charge in [-0.3, -0.25) is 0 Å². The van der Waals surface area contributed by atoms with Crippen LogP contribution >= 0.6 is 0 Å². The lowest BCUT2D eigenvalue weighted by Gasteiger charge is -2.23. The zero-order valence-electron chi connectivity index (χ0n) is 15.7. The van der Waals surface area contributed by atoms with Crippen LogP contribution in [0, 0.1) is 0 Å². The van der Waals surface area contributed by atoms with Gasteiger partial charge in [-0.05, 0) is 69.7 Å². The highest BCUT2D eigenvalue weighted by atomic mass is 32.2. The molecule has 0 amide bonds. The fraction of sp³-hybridized carbons (Fsp3) is 0.556.